The summed E-state index contributed by atoms with van der Waals surface area (Å²) in [4.78, 5) is 0. The highest BCUT2D eigenvalue weighted by atomic mass is 16.3. The fourth-order valence-corrected chi connectivity index (χ4v) is 0.707. The average molecular weight is 131 g/mol. The molecule has 0 saturated heterocycles. The van der Waals surface area contributed by atoms with Crippen LogP contribution in [0.5, 0.6) is 0 Å². The van der Waals surface area contributed by atoms with Crippen molar-refractivity contribution < 1.29 is 10.2 Å². The molecule has 0 aliphatic carbocycles. The van der Waals surface area contributed by atoms with Crippen LogP contribution in [0.25, 0.3) is 0 Å². The topological polar surface area (TPSA) is 40.5 Å². The predicted molar refractivity (Wildman–Crippen MR) is 36.9 cm³/mol. The maximum Gasteiger partial charge on any atom is 0.0541 e. The van der Waals surface area contributed by atoms with E-state index < -0.39 is 0 Å². The van der Waals surface area contributed by atoms with E-state index in [1.54, 1.807) is 0 Å². The van der Waals surface area contributed by atoms with Crippen molar-refractivity contribution in [2.24, 2.45) is 0 Å². The van der Waals surface area contributed by atoms with E-state index in [0.717, 1.165) is 12.8 Å². The van der Waals surface area contributed by atoms with Crippen LogP contribution in [0.3, 0.4) is 0 Å². The van der Waals surface area contributed by atoms with Crippen LogP contribution in [0, 0.1) is 6.92 Å². The third kappa shape index (κ3) is 5.80. The molecule has 0 fully saturated rings. The lowest BCUT2D eigenvalue weighted by molar-refractivity contribution is 0.142. The molecule has 0 aliphatic rings. The van der Waals surface area contributed by atoms with Crippen LogP contribution in [-0.2, 0) is 0 Å². The number of rotatable bonds is 5. The zero-order valence-corrected chi connectivity index (χ0v) is 5.71. The summed E-state index contributed by atoms with van der Waals surface area (Å²) >= 11 is 0. The molecule has 2 heteroatoms. The molecule has 9 heavy (non-hydrogen) atoms. The van der Waals surface area contributed by atoms with Crippen molar-refractivity contribution in [3.63, 3.8) is 0 Å². The first-order chi connectivity index (χ1) is 4.31. The van der Waals surface area contributed by atoms with Gasteiger partial charge in [-0.2, -0.15) is 0 Å². The largest absolute Gasteiger partial charge is 0.396 e. The predicted octanol–water partition coefficient (Wildman–Crippen LogP) is 0.734. The first-order valence-electron chi connectivity index (χ1n) is 3.39. The molecular weight excluding hydrogens is 116 g/mol. The maximum atomic E-state index is 9.03. The Hall–Kier alpha value is -0.0800. The third-order valence-corrected chi connectivity index (χ3v) is 1.23. The lowest BCUT2D eigenvalue weighted by Gasteiger charge is -2.05. The number of aliphatic hydroxyl groups excluding tert-OH is 2. The lowest BCUT2D eigenvalue weighted by Crippen LogP contribution is -2.05. The molecule has 0 amide bonds. The van der Waals surface area contributed by atoms with Crippen molar-refractivity contribution >= 4 is 0 Å². The van der Waals surface area contributed by atoms with E-state index >= 15 is 0 Å². The van der Waals surface area contributed by atoms with Crippen LogP contribution in [0.1, 0.15) is 25.7 Å². The van der Waals surface area contributed by atoms with Crippen LogP contribution < -0.4 is 0 Å². The summed E-state index contributed by atoms with van der Waals surface area (Å²) < 4.78 is 0. The van der Waals surface area contributed by atoms with Crippen molar-refractivity contribution in [2.45, 2.75) is 31.8 Å². The summed E-state index contributed by atoms with van der Waals surface area (Å²) in [6.07, 6.45) is 2.66. The van der Waals surface area contributed by atoms with Gasteiger partial charge in [0, 0.05) is 6.61 Å². The minimum atomic E-state index is -0.255. The molecule has 0 spiro atoms. The molecule has 2 N–H and O–H groups in total. The van der Waals surface area contributed by atoms with Gasteiger partial charge in [-0.15, -0.1) is 0 Å². The highest BCUT2D eigenvalue weighted by molar-refractivity contribution is 4.55. The SMILES string of the molecule is [CH2]CCC(O)CCCO. The van der Waals surface area contributed by atoms with Gasteiger partial charge in [-0.25, -0.2) is 0 Å². The third-order valence-electron chi connectivity index (χ3n) is 1.23. The van der Waals surface area contributed by atoms with Gasteiger partial charge in [-0.3, -0.25) is 0 Å². The Bertz CT molecular complexity index is 54.9. The van der Waals surface area contributed by atoms with E-state index in [4.69, 9.17) is 10.2 Å². The first kappa shape index (κ1) is 8.92. The smallest absolute Gasteiger partial charge is 0.0541 e. The minimum absolute atomic E-state index is 0.175. The molecule has 0 rings (SSSR count). The molecule has 55 valence electrons. The van der Waals surface area contributed by atoms with Crippen LogP contribution in [0.2, 0.25) is 0 Å². The summed E-state index contributed by atoms with van der Waals surface area (Å²) in [7, 11) is 0. The minimum Gasteiger partial charge on any atom is -0.396 e. The lowest BCUT2D eigenvalue weighted by atomic mass is 10.1. The van der Waals surface area contributed by atoms with Gasteiger partial charge in [-0.05, 0) is 19.3 Å². The average Bonchev–Trinajstić information content (AvgIpc) is 1.85. The van der Waals surface area contributed by atoms with Crippen molar-refractivity contribution in [1.82, 2.24) is 0 Å². The van der Waals surface area contributed by atoms with Gasteiger partial charge in [-0.1, -0.05) is 13.3 Å². The molecule has 1 unspecified atom stereocenters. The molecule has 0 aromatic heterocycles. The molecule has 1 atom stereocenters. The molecular formula is C7H15O2. The van der Waals surface area contributed by atoms with Gasteiger partial charge in [0.2, 0.25) is 0 Å². The van der Waals surface area contributed by atoms with E-state index in [-0.39, 0.29) is 12.7 Å². The van der Waals surface area contributed by atoms with Crippen LogP contribution >= 0.6 is 0 Å². The van der Waals surface area contributed by atoms with Gasteiger partial charge in [0.15, 0.2) is 0 Å². The monoisotopic (exact) mass is 131 g/mol. The first-order valence-corrected chi connectivity index (χ1v) is 3.39. The summed E-state index contributed by atoms with van der Waals surface area (Å²) in [5.41, 5.74) is 0. The van der Waals surface area contributed by atoms with Gasteiger partial charge in [0.1, 0.15) is 0 Å². The Morgan fingerprint density at radius 2 is 2.00 bits per heavy atom. The van der Waals surface area contributed by atoms with Crippen LogP contribution in [0.4, 0.5) is 0 Å². The van der Waals surface area contributed by atoms with Crippen molar-refractivity contribution in [2.75, 3.05) is 6.61 Å². The number of hydrogen-bond donors (Lipinski definition) is 2. The van der Waals surface area contributed by atoms with E-state index in [0.29, 0.717) is 12.8 Å². The van der Waals surface area contributed by atoms with Crippen LogP contribution in [0.15, 0.2) is 0 Å². The zero-order chi connectivity index (χ0) is 7.11. The fraction of sp³-hybridized carbons (Fsp3) is 0.857. The second-order valence-corrected chi connectivity index (χ2v) is 2.16. The summed E-state index contributed by atoms with van der Waals surface area (Å²) in [5.74, 6) is 0. The standard InChI is InChI=1S/C7H15O2/c1-2-4-7(9)5-3-6-8/h7-9H,1-6H2. The maximum absolute atomic E-state index is 9.03. The molecule has 0 aliphatic heterocycles. The highest BCUT2D eigenvalue weighted by Gasteiger charge is 1.99. The molecule has 0 bridgehead atoms. The van der Waals surface area contributed by atoms with Crippen molar-refractivity contribution in [3.05, 3.63) is 6.92 Å². The van der Waals surface area contributed by atoms with E-state index in [9.17, 15) is 0 Å². The highest BCUT2D eigenvalue weighted by Crippen LogP contribution is 2.02. The molecule has 2 nitrogen and oxygen atoms in total. The molecule has 0 saturated carbocycles. The summed E-state index contributed by atoms with van der Waals surface area (Å²) in [6.45, 7) is 3.79. The Kier molecular flexibility index (Phi) is 5.99. The molecule has 0 aromatic carbocycles. The molecule has 0 aromatic rings. The molecule has 1 radical (unpaired) electrons. The van der Waals surface area contributed by atoms with Gasteiger partial charge < -0.3 is 10.2 Å². The summed E-state index contributed by atoms with van der Waals surface area (Å²) in [5, 5.41) is 17.4. The van der Waals surface area contributed by atoms with Gasteiger partial charge in [0.25, 0.3) is 0 Å². The Balaban J connectivity index is 2.95. The van der Waals surface area contributed by atoms with E-state index in [1.807, 2.05) is 0 Å². The second-order valence-electron chi connectivity index (χ2n) is 2.16. The van der Waals surface area contributed by atoms with Gasteiger partial charge >= 0.3 is 0 Å². The summed E-state index contributed by atoms with van der Waals surface area (Å²) in [6, 6.07) is 0. The Morgan fingerprint density at radius 3 is 2.44 bits per heavy atom. The van der Waals surface area contributed by atoms with E-state index in [1.165, 1.54) is 0 Å². The fourth-order valence-electron chi connectivity index (χ4n) is 0.707. The quantitative estimate of drug-likeness (QED) is 0.577. The number of aliphatic hydroxyl groups is 2. The Labute approximate surface area is 56.5 Å². The Morgan fingerprint density at radius 1 is 1.33 bits per heavy atom. The second kappa shape index (κ2) is 6.05. The zero-order valence-electron chi connectivity index (χ0n) is 5.71. The van der Waals surface area contributed by atoms with Crippen molar-refractivity contribution in [1.29, 1.82) is 0 Å². The van der Waals surface area contributed by atoms with Crippen molar-refractivity contribution in [3.8, 4) is 0 Å². The van der Waals surface area contributed by atoms with Crippen LogP contribution in [-0.4, -0.2) is 22.9 Å². The molecule has 0 heterocycles. The van der Waals surface area contributed by atoms with Gasteiger partial charge in [0.05, 0.1) is 6.10 Å². The number of hydrogen-bond acceptors (Lipinski definition) is 2. The normalized spacial score (nSPS) is 13.7. The van der Waals surface area contributed by atoms with E-state index in [2.05, 4.69) is 6.92 Å².